The zero-order chi connectivity index (χ0) is 20.5. The van der Waals surface area contributed by atoms with Gasteiger partial charge in [0.15, 0.2) is 0 Å². The number of anilines is 1. The lowest BCUT2D eigenvalue weighted by atomic mass is 10.2. The van der Waals surface area contributed by atoms with Crippen molar-refractivity contribution in [2.24, 2.45) is 0 Å². The standard InChI is InChI=1S/C21H23F2N5O/c1-13-8-14(2)27(25-13)11-15-4-3-5-17(9-15)24-20(29)12-28-19(16-6-7-16)10-18(26-28)21(22)23/h3-5,8-10,16,21H,6-7,11-12H2,1-2H3,(H,24,29). The molecule has 1 fully saturated rings. The van der Waals surface area contributed by atoms with Crippen molar-refractivity contribution in [1.82, 2.24) is 19.6 Å². The summed E-state index contributed by atoms with van der Waals surface area (Å²) >= 11 is 0. The van der Waals surface area contributed by atoms with E-state index in [9.17, 15) is 13.6 Å². The Bertz CT molecular complexity index is 1040. The van der Waals surface area contributed by atoms with Crippen LogP contribution in [0.1, 0.15) is 53.5 Å². The molecular weight excluding hydrogens is 376 g/mol. The number of carbonyl (C=O) groups excluding carboxylic acids is 1. The minimum Gasteiger partial charge on any atom is -0.324 e. The third kappa shape index (κ3) is 4.52. The van der Waals surface area contributed by atoms with Gasteiger partial charge in [0, 0.05) is 23.0 Å². The molecule has 1 aliphatic rings. The monoisotopic (exact) mass is 399 g/mol. The van der Waals surface area contributed by atoms with Crippen LogP contribution in [-0.4, -0.2) is 25.5 Å². The fourth-order valence-corrected chi connectivity index (χ4v) is 3.48. The molecule has 2 aromatic heterocycles. The first-order valence-corrected chi connectivity index (χ1v) is 9.64. The number of alkyl halides is 2. The van der Waals surface area contributed by atoms with E-state index in [2.05, 4.69) is 15.5 Å². The molecule has 0 bridgehead atoms. The summed E-state index contributed by atoms with van der Waals surface area (Å²) in [6, 6.07) is 11.0. The highest BCUT2D eigenvalue weighted by Gasteiger charge is 2.30. The summed E-state index contributed by atoms with van der Waals surface area (Å²) in [7, 11) is 0. The van der Waals surface area contributed by atoms with Crippen molar-refractivity contribution in [3.8, 4) is 0 Å². The van der Waals surface area contributed by atoms with E-state index in [1.165, 1.54) is 10.7 Å². The number of aromatic nitrogens is 4. The summed E-state index contributed by atoms with van der Waals surface area (Å²) in [6.45, 7) is 4.47. The summed E-state index contributed by atoms with van der Waals surface area (Å²) in [5.41, 5.74) is 4.13. The fourth-order valence-electron chi connectivity index (χ4n) is 3.48. The van der Waals surface area contributed by atoms with Crippen molar-refractivity contribution in [3.05, 3.63) is 64.7 Å². The molecule has 4 rings (SSSR count). The molecule has 0 atom stereocenters. The molecule has 8 heteroatoms. The quantitative estimate of drug-likeness (QED) is 0.648. The van der Waals surface area contributed by atoms with Gasteiger partial charge in [0.25, 0.3) is 6.43 Å². The molecule has 152 valence electrons. The lowest BCUT2D eigenvalue weighted by Crippen LogP contribution is -2.21. The Morgan fingerprint density at radius 1 is 1.17 bits per heavy atom. The van der Waals surface area contributed by atoms with E-state index in [4.69, 9.17) is 0 Å². The van der Waals surface area contributed by atoms with Gasteiger partial charge in [0.05, 0.1) is 12.2 Å². The average molecular weight is 399 g/mol. The van der Waals surface area contributed by atoms with E-state index in [-0.39, 0.29) is 24.1 Å². The molecule has 1 saturated carbocycles. The number of nitrogens with one attached hydrogen (secondary N) is 1. The first-order chi connectivity index (χ1) is 13.9. The smallest absolute Gasteiger partial charge is 0.282 e. The molecule has 3 aromatic rings. The topological polar surface area (TPSA) is 64.7 Å². The van der Waals surface area contributed by atoms with Crippen LogP contribution < -0.4 is 5.32 Å². The first kappa shape index (κ1) is 19.3. The van der Waals surface area contributed by atoms with Crippen LogP contribution in [0.3, 0.4) is 0 Å². The molecule has 0 spiro atoms. The number of hydrogen-bond donors (Lipinski definition) is 1. The highest BCUT2D eigenvalue weighted by atomic mass is 19.3. The molecule has 1 N–H and O–H groups in total. The molecule has 0 saturated heterocycles. The number of carbonyl (C=O) groups is 1. The van der Waals surface area contributed by atoms with E-state index < -0.39 is 6.43 Å². The summed E-state index contributed by atoms with van der Waals surface area (Å²) in [5.74, 6) is -0.0639. The molecule has 1 amide bonds. The number of aryl methyl sites for hydroxylation is 2. The molecule has 0 aliphatic heterocycles. The van der Waals surface area contributed by atoms with E-state index in [0.29, 0.717) is 17.9 Å². The molecule has 2 heterocycles. The van der Waals surface area contributed by atoms with Crippen molar-refractivity contribution in [2.45, 2.75) is 52.1 Å². The van der Waals surface area contributed by atoms with Crippen LogP contribution in [0.25, 0.3) is 0 Å². The Labute approximate surface area is 167 Å². The maximum absolute atomic E-state index is 13.0. The van der Waals surface area contributed by atoms with E-state index >= 15 is 0 Å². The zero-order valence-electron chi connectivity index (χ0n) is 16.4. The maximum Gasteiger partial charge on any atom is 0.282 e. The van der Waals surface area contributed by atoms with Gasteiger partial charge in [-0.15, -0.1) is 0 Å². The van der Waals surface area contributed by atoms with Crippen molar-refractivity contribution in [1.29, 1.82) is 0 Å². The minimum atomic E-state index is -2.64. The van der Waals surface area contributed by atoms with E-state index in [1.54, 1.807) is 6.07 Å². The summed E-state index contributed by atoms with van der Waals surface area (Å²) in [6.07, 6.45) is -0.739. The number of halogens is 2. The van der Waals surface area contributed by atoms with Crippen LogP contribution in [0.5, 0.6) is 0 Å². The number of hydrogen-bond acceptors (Lipinski definition) is 3. The summed E-state index contributed by atoms with van der Waals surface area (Å²) in [5, 5.41) is 11.2. The maximum atomic E-state index is 13.0. The van der Waals surface area contributed by atoms with Crippen LogP contribution in [-0.2, 0) is 17.9 Å². The second-order valence-electron chi connectivity index (χ2n) is 7.56. The lowest BCUT2D eigenvalue weighted by molar-refractivity contribution is -0.117. The highest BCUT2D eigenvalue weighted by molar-refractivity contribution is 5.90. The third-order valence-corrected chi connectivity index (χ3v) is 4.99. The molecule has 29 heavy (non-hydrogen) atoms. The zero-order valence-corrected chi connectivity index (χ0v) is 16.4. The average Bonchev–Trinajstić information content (AvgIpc) is 3.33. The van der Waals surface area contributed by atoms with Gasteiger partial charge in [0.2, 0.25) is 5.91 Å². The van der Waals surface area contributed by atoms with Gasteiger partial charge in [-0.3, -0.25) is 14.2 Å². The number of amides is 1. The SMILES string of the molecule is Cc1cc(C)n(Cc2cccc(NC(=O)Cn3nc(C(F)F)cc3C3CC3)c2)n1. The predicted octanol–water partition coefficient (Wildman–Crippen LogP) is 4.20. The van der Waals surface area contributed by atoms with Crippen molar-refractivity contribution >= 4 is 11.6 Å². The molecule has 1 aliphatic carbocycles. The van der Waals surface area contributed by atoms with Crippen molar-refractivity contribution in [2.75, 3.05) is 5.32 Å². The van der Waals surface area contributed by atoms with E-state index in [1.807, 2.05) is 42.8 Å². The Balaban J connectivity index is 1.44. The molecule has 0 unspecified atom stereocenters. The van der Waals surface area contributed by atoms with Crippen LogP contribution in [0, 0.1) is 13.8 Å². The van der Waals surface area contributed by atoms with Gasteiger partial charge in [-0.25, -0.2) is 8.78 Å². The first-order valence-electron chi connectivity index (χ1n) is 9.64. The third-order valence-electron chi connectivity index (χ3n) is 4.99. The Kier molecular flexibility index (Phi) is 5.17. The predicted molar refractivity (Wildman–Crippen MR) is 105 cm³/mol. The fraction of sp³-hybridized carbons (Fsp3) is 0.381. The van der Waals surface area contributed by atoms with Gasteiger partial charge in [-0.2, -0.15) is 10.2 Å². The number of benzene rings is 1. The van der Waals surface area contributed by atoms with Gasteiger partial charge in [-0.05, 0) is 56.5 Å². The van der Waals surface area contributed by atoms with Gasteiger partial charge in [-0.1, -0.05) is 12.1 Å². The Hall–Kier alpha value is -3.03. The van der Waals surface area contributed by atoms with Crippen LogP contribution >= 0.6 is 0 Å². The lowest BCUT2D eigenvalue weighted by Gasteiger charge is -2.10. The second-order valence-corrected chi connectivity index (χ2v) is 7.56. The molecule has 6 nitrogen and oxygen atoms in total. The van der Waals surface area contributed by atoms with Gasteiger partial charge >= 0.3 is 0 Å². The highest BCUT2D eigenvalue weighted by Crippen LogP contribution is 2.41. The Morgan fingerprint density at radius 3 is 2.62 bits per heavy atom. The molecule has 0 radical (unpaired) electrons. The van der Waals surface area contributed by atoms with E-state index in [0.717, 1.165) is 29.8 Å². The number of nitrogens with zero attached hydrogens (tertiary/aromatic N) is 4. The summed E-state index contributed by atoms with van der Waals surface area (Å²) in [4.78, 5) is 12.5. The Morgan fingerprint density at radius 2 is 1.97 bits per heavy atom. The molecule has 1 aromatic carbocycles. The van der Waals surface area contributed by atoms with Gasteiger partial charge in [0.1, 0.15) is 12.2 Å². The minimum absolute atomic E-state index is 0.0831. The normalized spacial score (nSPS) is 13.8. The van der Waals surface area contributed by atoms with Crippen LogP contribution in [0.4, 0.5) is 14.5 Å². The van der Waals surface area contributed by atoms with Crippen LogP contribution in [0.15, 0.2) is 36.4 Å². The van der Waals surface area contributed by atoms with Crippen LogP contribution in [0.2, 0.25) is 0 Å². The van der Waals surface area contributed by atoms with Crippen molar-refractivity contribution < 1.29 is 13.6 Å². The molecular formula is C21H23F2N5O. The van der Waals surface area contributed by atoms with Gasteiger partial charge < -0.3 is 5.32 Å². The largest absolute Gasteiger partial charge is 0.324 e. The van der Waals surface area contributed by atoms with Crippen molar-refractivity contribution in [3.63, 3.8) is 0 Å². The number of rotatable bonds is 7. The summed E-state index contributed by atoms with van der Waals surface area (Å²) < 4.78 is 29.3. The second kappa shape index (κ2) is 7.77.